The lowest BCUT2D eigenvalue weighted by atomic mass is 10.1. The van der Waals surface area contributed by atoms with Crippen LogP contribution < -0.4 is 5.73 Å². The van der Waals surface area contributed by atoms with E-state index >= 15 is 0 Å². The molecule has 1 atom stereocenters. The van der Waals surface area contributed by atoms with E-state index in [0.717, 1.165) is 19.3 Å². The number of sulfone groups is 1. The summed E-state index contributed by atoms with van der Waals surface area (Å²) in [5, 5.41) is 3.86. The van der Waals surface area contributed by atoms with E-state index in [0.29, 0.717) is 12.4 Å². The molecule has 1 aliphatic heterocycles. The van der Waals surface area contributed by atoms with Gasteiger partial charge in [-0.15, -0.1) is 0 Å². The molecule has 0 aromatic carbocycles. The van der Waals surface area contributed by atoms with Crippen molar-refractivity contribution in [1.29, 1.82) is 0 Å². The van der Waals surface area contributed by atoms with Crippen LogP contribution in [0.25, 0.3) is 0 Å². The Hall–Kier alpha value is -0.990. The van der Waals surface area contributed by atoms with Crippen molar-refractivity contribution in [2.45, 2.75) is 43.9 Å². The van der Waals surface area contributed by atoms with Crippen molar-refractivity contribution < 1.29 is 12.9 Å². The summed E-state index contributed by atoms with van der Waals surface area (Å²) in [4.78, 5) is 6.49. The third-order valence-electron chi connectivity index (χ3n) is 4.12. The van der Waals surface area contributed by atoms with Gasteiger partial charge in [-0.3, -0.25) is 0 Å². The van der Waals surface area contributed by atoms with E-state index in [1.807, 2.05) is 0 Å². The number of nitrogens with two attached hydrogens (primary N) is 1. The predicted octanol–water partition coefficient (Wildman–Crippen LogP) is 0.835. The lowest BCUT2D eigenvalue weighted by Gasteiger charge is -2.27. The maximum Gasteiger partial charge on any atom is 0.247 e. The molecular formula is C13H24N4O3S. The Morgan fingerprint density at radius 2 is 1.95 bits per heavy atom. The van der Waals surface area contributed by atoms with Crippen LogP contribution >= 0.6 is 0 Å². The molecule has 1 unspecified atom stereocenters. The second-order valence-electron chi connectivity index (χ2n) is 6.21. The molecule has 1 aromatic heterocycles. The first-order chi connectivity index (χ1) is 9.72. The van der Waals surface area contributed by atoms with Crippen LogP contribution in [0, 0.1) is 0 Å². The highest BCUT2D eigenvalue weighted by molar-refractivity contribution is 7.91. The molecule has 0 spiro atoms. The lowest BCUT2D eigenvalue weighted by molar-refractivity contribution is 0.213. The topological polar surface area (TPSA) is 102 Å². The number of piperidine rings is 1. The maximum absolute atomic E-state index is 11.8. The van der Waals surface area contributed by atoms with Gasteiger partial charge in [-0.2, -0.15) is 4.98 Å². The average Bonchev–Trinajstić information content (AvgIpc) is 2.88. The summed E-state index contributed by atoms with van der Waals surface area (Å²) in [6.45, 7) is 5.84. The Morgan fingerprint density at radius 3 is 2.52 bits per heavy atom. The van der Waals surface area contributed by atoms with Crippen LogP contribution in [-0.2, 0) is 14.6 Å². The van der Waals surface area contributed by atoms with Crippen molar-refractivity contribution in [2.75, 3.05) is 25.9 Å². The van der Waals surface area contributed by atoms with Crippen LogP contribution in [0.2, 0.25) is 0 Å². The van der Waals surface area contributed by atoms with Gasteiger partial charge >= 0.3 is 0 Å². The molecule has 2 N–H and O–H groups in total. The van der Waals surface area contributed by atoms with E-state index in [9.17, 15) is 8.42 Å². The number of likely N-dealkylation sites (tertiary alicyclic amines) is 1. The minimum Gasteiger partial charge on any atom is -0.338 e. The second-order valence-corrected chi connectivity index (χ2v) is 8.77. The summed E-state index contributed by atoms with van der Waals surface area (Å²) in [6, 6.07) is -0.365. The fraction of sp³-hybridized carbons (Fsp3) is 0.846. The van der Waals surface area contributed by atoms with E-state index in [1.165, 1.54) is 19.3 Å². The predicted molar refractivity (Wildman–Crippen MR) is 79.4 cm³/mol. The number of hydrogen-bond donors (Lipinski definition) is 1. The number of nitrogens with zero attached hydrogens (tertiary/aromatic N) is 3. The monoisotopic (exact) mass is 316 g/mol. The zero-order valence-corrected chi connectivity index (χ0v) is 13.7. The quantitative estimate of drug-likeness (QED) is 0.858. The Labute approximate surface area is 125 Å². The van der Waals surface area contributed by atoms with E-state index in [4.69, 9.17) is 10.3 Å². The summed E-state index contributed by atoms with van der Waals surface area (Å²) < 4.78 is 27.5. The van der Waals surface area contributed by atoms with Crippen molar-refractivity contribution in [3.8, 4) is 0 Å². The van der Waals surface area contributed by atoms with Crippen molar-refractivity contribution in [2.24, 2.45) is 5.73 Å². The molecular weight excluding hydrogens is 292 g/mol. The number of hydrogen-bond acceptors (Lipinski definition) is 7. The zero-order chi connectivity index (χ0) is 15.7. The first-order valence-electron chi connectivity index (χ1n) is 7.23. The molecule has 0 amide bonds. The molecule has 21 heavy (non-hydrogen) atoms. The molecule has 8 heteroatoms. The molecule has 0 saturated carbocycles. The van der Waals surface area contributed by atoms with Gasteiger partial charge in [0.2, 0.25) is 5.89 Å². The lowest BCUT2D eigenvalue weighted by Crippen LogP contribution is -2.36. The molecule has 120 valence electrons. The zero-order valence-electron chi connectivity index (χ0n) is 12.9. The fourth-order valence-electron chi connectivity index (χ4n) is 2.29. The molecule has 0 bridgehead atoms. The summed E-state index contributed by atoms with van der Waals surface area (Å²) in [5.41, 5.74) is 6.12. The van der Waals surface area contributed by atoms with E-state index in [-0.39, 0.29) is 11.9 Å². The SMILES string of the molecule is CC(C)(c1nc(C(N)CN2CCCCC2)no1)S(C)(=O)=O. The van der Waals surface area contributed by atoms with Crippen LogP contribution in [0.4, 0.5) is 0 Å². The first-order valence-corrected chi connectivity index (χ1v) is 9.12. The largest absolute Gasteiger partial charge is 0.338 e. The summed E-state index contributed by atoms with van der Waals surface area (Å²) >= 11 is 0. The number of rotatable bonds is 5. The highest BCUT2D eigenvalue weighted by Crippen LogP contribution is 2.28. The molecule has 2 heterocycles. The first kappa shape index (κ1) is 16.4. The van der Waals surface area contributed by atoms with Gasteiger partial charge in [0, 0.05) is 12.8 Å². The molecule has 1 saturated heterocycles. The van der Waals surface area contributed by atoms with Gasteiger partial charge in [-0.05, 0) is 39.8 Å². The van der Waals surface area contributed by atoms with Gasteiger partial charge in [-0.1, -0.05) is 11.6 Å². The maximum atomic E-state index is 11.8. The van der Waals surface area contributed by atoms with Crippen LogP contribution in [-0.4, -0.2) is 49.3 Å². The standard InChI is InChI=1S/C13H24N4O3S/c1-13(2,21(3,18)19)12-15-11(16-20-12)10(14)9-17-7-5-4-6-8-17/h10H,4-9,14H2,1-3H3. The van der Waals surface area contributed by atoms with E-state index in [1.54, 1.807) is 13.8 Å². The molecule has 2 rings (SSSR count). The van der Waals surface area contributed by atoms with Gasteiger partial charge in [0.15, 0.2) is 15.7 Å². The molecule has 1 aliphatic rings. The van der Waals surface area contributed by atoms with Gasteiger partial charge in [0.05, 0.1) is 6.04 Å². The molecule has 1 fully saturated rings. The highest BCUT2D eigenvalue weighted by atomic mass is 32.2. The van der Waals surface area contributed by atoms with Gasteiger partial charge in [0.25, 0.3) is 0 Å². The second kappa shape index (κ2) is 6.02. The van der Waals surface area contributed by atoms with Crippen molar-refractivity contribution in [3.63, 3.8) is 0 Å². The van der Waals surface area contributed by atoms with Gasteiger partial charge in [0.1, 0.15) is 4.75 Å². The Bertz CT molecular complexity index is 576. The van der Waals surface area contributed by atoms with Crippen LogP contribution in [0.3, 0.4) is 0 Å². The normalized spacial score (nSPS) is 19.6. The Balaban J connectivity index is 2.08. The fourth-order valence-corrected chi connectivity index (χ4v) is 2.69. The molecule has 0 aliphatic carbocycles. The number of aromatic nitrogens is 2. The molecule has 0 radical (unpaired) electrons. The smallest absolute Gasteiger partial charge is 0.247 e. The summed E-state index contributed by atoms with van der Waals surface area (Å²) in [7, 11) is -3.34. The van der Waals surface area contributed by atoms with Gasteiger partial charge in [-0.25, -0.2) is 8.42 Å². The summed E-state index contributed by atoms with van der Waals surface area (Å²) in [5.74, 6) is 0.460. The highest BCUT2D eigenvalue weighted by Gasteiger charge is 2.38. The third kappa shape index (κ3) is 3.61. The van der Waals surface area contributed by atoms with Crippen LogP contribution in [0.15, 0.2) is 4.52 Å². The summed E-state index contributed by atoms with van der Waals surface area (Å²) in [6.07, 6.45) is 4.79. The molecule has 7 nitrogen and oxygen atoms in total. The third-order valence-corrected chi connectivity index (χ3v) is 6.15. The van der Waals surface area contributed by atoms with Crippen molar-refractivity contribution in [1.82, 2.24) is 15.0 Å². The van der Waals surface area contributed by atoms with Crippen molar-refractivity contribution >= 4 is 9.84 Å². The van der Waals surface area contributed by atoms with Crippen LogP contribution in [0.5, 0.6) is 0 Å². The Kier molecular flexibility index (Phi) is 4.69. The minimum atomic E-state index is -3.34. The van der Waals surface area contributed by atoms with Crippen molar-refractivity contribution in [3.05, 3.63) is 11.7 Å². The average molecular weight is 316 g/mol. The van der Waals surface area contributed by atoms with Gasteiger partial charge < -0.3 is 15.2 Å². The van der Waals surface area contributed by atoms with Crippen LogP contribution in [0.1, 0.15) is 50.9 Å². The minimum absolute atomic E-state index is 0.0918. The molecule has 1 aromatic rings. The van der Waals surface area contributed by atoms with E-state index in [2.05, 4.69) is 15.0 Å². The van der Waals surface area contributed by atoms with E-state index < -0.39 is 14.6 Å². The Morgan fingerprint density at radius 1 is 1.33 bits per heavy atom.